The summed E-state index contributed by atoms with van der Waals surface area (Å²) in [6.07, 6.45) is 16.3. The molecule has 6 heteroatoms. The third-order valence-electron chi connectivity index (χ3n) is 5.46. The molecule has 0 saturated heterocycles. The summed E-state index contributed by atoms with van der Waals surface area (Å²) >= 11 is 16.6. The van der Waals surface area contributed by atoms with E-state index >= 15 is 0 Å². The van der Waals surface area contributed by atoms with Crippen molar-refractivity contribution < 1.29 is 4.48 Å². The van der Waals surface area contributed by atoms with E-state index in [0.29, 0.717) is 0 Å². The number of aromatic nitrogens is 1. The van der Waals surface area contributed by atoms with Crippen molar-refractivity contribution in [3.8, 4) is 0 Å². The zero-order valence-corrected chi connectivity index (χ0v) is 21.6. The molecule has 1 aliphatic rings. The number of pyridine rings is 1. The molecule has 1 aliphatic heterocycles. The van der Waals surface area contributed by atoms with Gasteiger partial charge in [0.05, 0.1) is 17.6 Å². The molecule has 0 unspecified atom stereocenters. The van der Waals surface area contributed by atoms with Crippen LogP contribution in [0.3, 0.4) is 0 Å². The van der Waals surface area contributed by atoms with Crippen LogP contribution in [0.4, 0.5) is 0 Å². The Bertz CT molecular complexity index is 633. The molecule has 1 aromatic rings. The third kappa shape index (κ3) is 7.19. The predicted octanol–water partition coefficient (Wildman–Crippen LogP) is 7.23. The molecule has 0 amide bonds. The van der Waals surface area contributed by atoms with Crippen molar-refractivity contribution in [2.75, 3.05) is 31.1 Å². The molecule has 0 fully saturated rings. The fraction of sp³-hybridized carbons (Fsp3) is 0.591. The van der Waals surface area contributed by atoms with E-state index in [2.05, 4.69) is 80.3 Å². The van der Waals surface area contributed by atoms with Gasteiger partial charge in [0.2, 0.25) is 0 Å². The second-order valence-electron chi connectivity index (χ2n) is 7.51. The first-order valence-electron chi connectivity index (χ1n) is 10.4. The molecular formula is C22H33Br2N2S2+. The molecule has 0 spiro atoms. The Morgan fingerprint density at radius 3 is 1.89 bits per heavy atom. The minimum atomic E-state index is 0.998. The van der Waals surface area contributed by atoms with Gasteiger partial charge in [0.1, 0.15) is 6.54 Å². The van der Waals surface area contributed by atoms with E-state index in [0.717, 1.165) is 22.5 Å². The molecule has 0 aromatic carbocycles. The highest BCUT2D eigenvalue weighted by Crippen LogP contribution is 2.42. The van der Waals surface area contributed by atoms with Crippen LogP contribution in [-0.4, -0.2) is 40.6 Å². The number of nitrogens with zero attached hydrogens (tertiary/aromatic N) is 2. The fourth-order valence-electron chi connectivity index (χ4n) is 3.78. The number of halogens is 2. The number of unbranched alkanes of at least 4 members (excludes halogenated alkanes) is 6. The molecule has 1 aromatic heterocycles. The van der Waals surface area contributed by atoms with Gasteiger partial charge in [-0.2, -0.15) is 25.3 Å². The Kier molecular flexibility index (Phi) is 11.8. The average Bonchev–Trinajstić information content (AvgIpc) is 2.72. The standard InChI is InChI=1S/C22H32Br2N2S2/c23-21-20(19-9-12-25-13-10-19)11-16-26(22(21)24,14-5-1-3-7-17-27)15-6-2-4-8-18-28/h9-13H,1-8,14-18H2,(H-,27,28)/p+1. The van der Waals surface area contributed by atoms with Crippen LogP contribution >= 0.6 is 57.1 Å². The summed E-state index contributed by atoms with van der Waals surface area (Å²) in [5, 5.41) is 0. The lowest BCUT2D eigenvalue weighted by molar-refractivity contribution is -0.879. The van der Waals surface area contributed by atoms with Gasteiger partial charge in [0.15, 0.2) is 4.61 Å². The molecule has 0 atom stereocenters. The summed E-state index contributed by atoms with van der Waals surface area (Å²) in [5.41, 5.74) is 2.49. The predicted molar refractivity (Wildman–Crippen MR) is 137 cm³/mol. The van der Waals surface area contributed by atoms with Crippen molar-refractivity contribution >= 4 is 62.7 Å². The summed E-state index contributed by atoms with van der Waals surface area (Å²) < 4.78 is 3.51. The monoisotopic (exact) mass is 547 g/mol. The largest absolute Gasteiger partial charge is 0.281 e. The van der Waals surface area contributed by atoms with Crippen molar-refractivity contribution in [3.05, 3.63) is 45.3 Å². The van der Waals surface area contributed by atoms with E-state index in [4.69, 9.17) is 0 Å². The Labute approximate surface area is 198 Å². The Morgan fingerprint density at radius 2 is 1.36 bits per heavy atom. The molecule has 2 rings (SSSR count). The molecule has 0 N–H and O–H groups in total. The van der Waals surface area contributed by atoms with E-state index in [1.54, 1.807) is 0 Å². The Morgan fingerprint density at radius 1 is 0.821 bits per heavy atom. The lowest BCUT2D eigenvalue weighted by atomic mass is 10.0. The van der Waals surface area contributed by atoms with Crippen molar-refractivity contribution in [2.24, 2.45) is 0 Å². The van der Waals surface area contributed by atoms with Gasteiger partial charge in [-0.25, -0.2) is 0 Å². The lowest BCUT2D eigenvalue weighted by Crippen LogP contribution is -2.48. The maximum absolute atomic E-state index is 4.34. The van der Waals surface area contributed by atoms with Crippen molar-refractivity contribution in [3.63, 3.8) is 0 Å². The first kappa shape index (κ1) is 24.5. The van der Waals surface area contributed by atoms with Crippen molar-refractivity contribution in [1.82, 2.24) is 4.98 Å². The topological polar surface area (TPSA) is 12.9 Å². The summed E-state index contributed by atoms with van der Waals surface area (Å²) in [4.78, 5) is 4.16. The third-order valence-corrected chi connectivity index (χ3v) is 8.57. The van der Waals surface area contributed by atoms with E-state index < -0.39 is 0 Å². The van der Waals surface area contributed by atoms with Gasteiger partial charge in [-0.1, -0.05) is 12.8 Å². The SMILES string of the molecule is SCCCCCC[N+]1(CCCCCCS)CC=C(c2ccncc2)C(Br)=C1Br. The first-order chi connectivity index (χ1) is 13.6. The second kappa shape index (κ2) is 13.5. The van der Waals surface area contributed by atoms with Crippen molar-refractivity contribution in [2.45, 2.75) is 51.4 Å². The van der Waals surface area contributed by atoms with Crippen LogP contribution in [0.1, 0.15) is 56.9 Å². The molecule has 2 heterocycles. The van der Waals surface area contributed by atoms with Gasteiger partial charge in [-0.15, -0.1) is 0 Å². The van der Waals surface area contributed by atoms with E-state index in [1.807, 2.05) is 12.4 Å². The Balaban J connectivity index is 2.10. The van der Waals surface area contributed by atoms with E-state index in [1.165, 1.54) is 84.7 Å². The number of quaternary nitrogens is 1. The van der Waals surface area contributed by atoms with Gasteiger partial charge in [0.25, 0.3) is 0 Å². The van der Waals surface area contributed by atoms with Gasteiger partial charge >= 0.3 is 0 Å². The number of hydrogen-bond acceptors (Lipinski definition) is 3. The number of thiol groups is 2. The van der Waals surface area contributed by atoms with Crippen LogP contribution in [0.5, 0.6) is 0 Å². The summed E-state index contributed by atoms with van der Waals surface area (Å²) in [6.45, 7) is 3.43. The van der Waals surface area contributed by atoms with Gasteiger partial charge in [0, 0.05) is 33.9 Å². The summed E-state index contributed by atoms with van der Waals surface area (Å²) in [5.74, 6) is 2.00. The normalized spacial score (nSPS) is 16.4. The molecule has 156 valence electrons. The first-order valence-corrected chi connectivity index (χ1v) is 13.2. The number of rotatable bonds is 13. The minimum absolute atomic E-state index is 0.998. The van der Waals surface area contributed by atoms with Crippen LogP contribution in [0.2, 0.25) is 0 Å². The molecule has 0 bridgehead atoms. The van der Waals surface area contributed by atoms with Gasteiger partial charge in [-0.05, 0) is 89.7 Å². The lowest BCUT2D eigenvalue weighted by Gasteiger charge is -2.40. The fourth-order valence-corrected chi connectivity index (χ4v) is 5.71. The Hall–Kier alpha value is 0.250. The number of allylic oxidation sites excluding steroid dienone is 2. The van der Waals surface area contributed by atoms with Crippen LogP contribution in [-0.2, 0) is 0 Å². The molecule has 0 aliphatic carbocycles. The summed E-state index contributed by atoms with van der Waals surface area (Å²) in [7, 11) is 0. The maximum atomic E-state index is 4.34. The highest BCUT2D eigenvalue weighted by molar-refractivity contribution is 9.14. The summed E-state index contributed by atoms with van der Waals surface area (Å²) in [6, 6.07) is 4.17. The molecule has 0 saturated carbocycles. The quantitative estimate of drug-likeness (QED) is 0.115. The highest BCUT2D eigenvalue weighted by atomic mass is 79.9. The second-order valence-corrected chi connectivity index (χ2v) is 9.95. The van der Waals surface area contributed by atoms with Crippen molar-refractivity contribution in [1.29, 1.82) is 0 Å². The molecular weight excluding hydrogens is 516 g/mol. The van der Waals surface area contributed by atoms with E-state index in [-0.39, 0.29) is 0 Å². The number of hydrogen-bond donors (Lipinski definition) is 2. The molecule has 0 radical (unpaired) electrons. The molecule has 28 heavy (non-hydrogen) atoms. The van der Waals surface area contributed by atoms with Crippen LogP contribution in [0.15, 0.2) is 39.7 Å². The zero-order chi connectivity index (χ0) is 20.2. The van der Waals surface area contributed by atoms with Gasteiger partial charge in [-0.3, -0.25) is 9.47 Å². The average molecular weight is 549 g/mol. The van der Waals surface area contributed by atoms with Gasteiger partial charge < -0.3 is 0 Å². The van der Waals surface area contributed by atoms with Crippen LogP contribution in [0, 0.1) is 0 Å². The zero-order valence-electron chi connectivity index (χ0n) is 16.6. The van der Waals surface area contributed by atoms with Crippen LogP contribution in [0.25, 0.3) is 5.57 Å². The van der Waals surface area contributed by atoms with Crippen LogP contribution < -0.4 is 0 Å². The smallest absolute Gasteiger partial charge is 0.190 e. The maximum Gasteiger partial charge on any atom is 0.190 e. The highest BCUT2D eigenvalue weighted by Gasteiger charge is 2.36. The minimum Gasteiger partial charge on any atom is -0.281 e. The molecule has 2 nitrogen and oxygen atoms in total. The van der Waals surface area contributed by atoms with E-state index in [9.17, 15) is 0 Å².